The molecule has 69 heavy (non-hydrogen) atoms. The van der Waals surface area contributed by atoms with Crippen molar-refractivity contribution in [3.05, 3.63) is 0 Å². The van der Waals surface area contributed by atoms with E-state index in [9.17, 15) is 50.4 Å². The number of unbranched alkanes of at least 4 members (excludes halogenated alkanes) is 2. The first-order valence-corrected chi connectivity index (χ1v) is 28.6. The van der Waals surface area contributed by atoms with E-state index in [1.54, 1.807) is 0 Å². The number of carbonyl (C=O) groups is 2. The van der Waals surface area contributed by atoms with Crippen LogP contribution in [0.5, 0.6) is 0 Å². The molecule has 4 saturated heterocycles. The molecule has 17 heteroatoms. The number of aliphatic carboxylic acids is 2. The molecule has 4 aliphatic heterocycles. The fraction of sp³-hybridized carbons (Fsp3) is 0.962. The Labute approximate surface area is 425 Å². The summed E-state index contributed by atoms with van der Waals surface area (Å²) in [6.45, 7) is 5.77. The van der Waals surface area contributed by atoms with Gasteiger partial charge in [0.25, 0.3) is 0 Å². The maximum atomic E-state index is 12.6. The Kier molecular flexibility index (Phi) is 35.3. The van der Waals surface area contributed by atoms with Crippen molar-refractivity contribution in [3.8, 4) is 0 Å². The number of aliphatic hydroxyl groups is 6. The quantitative estimate of drug-likeness (QED) is 0.0739. The molecule has 0 spiro atoms. The molecule has 0 aromatic rings. The van der Waals surface area contributed by atoms with Crippen LogP contribution in [0.25, 0.3) is 0 Å². The van der Waals surface area contributed by atoms with Crippen molar-refractivity contribution >= 4 is 11.9 Å². The van der Waals surface area contributed by atoms with Crippen LogP contribution in [0, 0.1) is 0 Å². The molecule has 0 aromatic carbocycles. The molecular formula is C52H96O16Ti. The average molecular weight is 1030 g/mol. The summed E-state index contributed by atoms with van der Waals surface area (Å²) in [6, 6.07) is 0. The van der Waals surface area contributed by atoms with E-state index in [0.29, 0.717) is 25.7 Å². The molecule has 0 unspecified atom stereocenters. The van der Waals surface area contributed by atoms with Crippen LogP contribution in [-0.4, -0.2) is 142 Å². The number of carboxylic acid groups (broad SMARTS) is 2. The number of rotatable bonds is 18. The molecular weight excluding hydrogens is 928 g/mol. The third kappa shape index (κ3) is 20.8. The summed E-state index contributed by atoms with van der Waals surface area (Å²) in [5.41, 5.74) is -7.05. The molecule has 4 rings (SSSR count). The number of carbonyl (C=O) groups excluding carboxylic acids is 2. The van der Waals surface area contributed by atoms with Gasteiger partial charge in [-0.05, 0) is 51.4 Å². The molecule has 4 aliphatic rings. The molecule has 0 saturated carbocycles. The Morgan fingerprint density at radius 1 is 0.464 bits per heavy atom. The van der Waals surface area contributed by atoms with Gasteiger partial charge in [0.1, 0.15) is 46.8 Å². The van der Waals surface area contributed by atoms with Gasteiger partial charge in [-0.2, -0.15) is 0 Å². The minimum atomic E-state index is -1.86. The summed E-state index contributed by atoms with van der Waals surface area (Å²) in [6.07, 6.45) is 20.6. The summed E-state index contributed by atoms with van der Waals surface area (Å²) in [5.74, 6) is -2.81. The van der Waals surface area contributed by atoms with Crippen LogP contribution in [0.4, 0.5) is 0 Å². The van der Waals surface area contributed by atoms with Crippen molar-refractivity contribution in [3.63, 3.8) is 0 Å². The van der Waals surface area contributed by atoms with Gasteiger partial charge >= 0.3 is 79.3 Å². The van der Waals surface area contributed by atoms with Gasteiger partial charge in [0.05, 0.1) is 25.2 Å². The maximum Gasteiger partial charge on any atom is 0.139 e. The minimum absolute atomic E-state index is 0.157. The van der Waals surface area contributed by atoms with Gasteiger partial charge in [-0.1, -0.05) is 128 Å². The van der Waals surface area contributed by atoms with E-state index < -0.39 is 91.9 Å². The summed E-state index contributed by atoms with van der Waals surface area (Å²) < 4.78 is 35.1. The van der Waals surface area contributed by atoms with Crippen molar-refractivity contribution < 1.29 is 96.0 Å². The largest absolute Gasteiger partial charge is 0.547 e. The summed E-state index contributed by atoms with van der Waals surface area (Å²) in [7, 11) is 0. The first-order valence-electron chi connectivity index (χ1n) is 27.3. The van der Waals surface area contributed by atoms with Crippen molar-refractivity contribution in [2.75, 3.05) is 52.9 Å². The Hall–Kier alpha value is -0.826. The standard InChI is InChI=1S/2C22H40O7.2C4H9O.Ti/c2*23-17-18(24)19(25)21(13-9-5-1-3-7-11-15-28-21)22(20(26)27)14-10-6-2-4-8-12-16-29-22;2*1-2-3-4-5;/h2*18-19,23-25H,1-17H2,(H,26,27);2*2-4H2,1H3;/q;;2*-1;+4/p-2/t2*18-,19-,21+,22+;;;/m11.../s1. The second-order valence-corrected chi connectivity index (χ2v) is 20.9. The number of hydrogen-bond donors (Lipinski definition) is 6. The number of aliphatic hydroxyl groups excluding tert-OH is 6. The second kappa shape index (κ2) is 37.8. The second-order valence-electron chi connectivity index (χ2n) is 19.8. The predicted molar refractivity (Wildman–Crippen MR) is 254 cm³/mol. The van der Waals surface area contributed by atoms with Crippen molar-refractivity contribution in [2.24, 2.45) is 0 Å². The van der Waals surface area contributed by atoms with Crippen molar-refractivity contribution in [1.29, 1.82) is 0 Å². The zero-order valence-electron chi connectivity index (χ0n) is 42.9. The van der Waals surface area contributed by atoms with E-state index in [-0.39, 0.29) is 52.1 Å². The summed E-state index contributed by atoms with van der Waals surface area (Å²) in [5, 5.41) is 87.2. The minimum Gasteiger partial charge on any atom is -0.547 e. The topological polar surface area (TPSA) is 257 Å². The number of hydrogen-bond acceptors (Lipinski definition) is 16. The van der Waals surface area contributed by atoms with E-state index >= 15 is 0 Å². The molecule has 0 aliphatic carbocycles. The Bertz CT molecular complexity index is 1160. The van der Waals surface area contributed by atoms with Crippen LogP contribution in [0.2, 0.25) is 0 Å². The van der Waals surface area contributed by atoms with E-state index in [4.69, 9.17) is 25.6 Å². The molecule has 8 atom stereocenters. The molecule has 6 N–H and O–H groups in total. The van der Waals surface area contributed by atoms with Gasteiger partial charge in [-0.25, -0.2) is 0 Å². The van der Waals surface area contributed by atoms with E-state index in [1.165, 1.54) is 25.7 Å². The third-order valence-electron chi connectivity index (χ3n) is 14.6. The molecule has 0 radical (unpaired) electrons. The van der Waals surface area contributed by atoms with Crippen LogP contribution in [-0.2, 0) is 55.1 Å². The van der Waals surface area contributed by atoms with Crippen LogP contribution < -0.4 is 10.2 Å². The smallest absolute Gasteiger partial charge is 0.139 e. The fourth-order valence-corrected chi connectivity index (χ4v) is 11.2. The van der Waals surface area contributed by atoms with Gasteiger partial charge in [-0.15, -0.1) is 0 Å². The van der Waals surface area contributed by atoms with Crippen LogP contribution in [0.15, 0.2) is 0 Å². The van der Waals surface area contributed by atoms with Gasteiger partial charge in [0.15, 0.2) is 0 Å². The predicted octanol–water partition coefficient (Wildman–Crippen LogP) is 5.43. The van der Waals surface area contributed by atoms with E-state index in [1.807, 2.05) is 0 Å². The van der Waals surface area contributed by atoms with Crippen LogP contribution in [0.3, 0.4) is 0 Å². The molecule has 0 bridgehead atoms. The molecule has 4 fully saturated rings. The number of ether oxygens (including phenoxy) is 4. The van der Waals surface area contributed by atoms with E-state index in [2.05, 4.69) is 13.8 Å². The maximum absolute atomic E-state index is 12.6. The fourth-order valence-electron chi connectivity index (χ4n) is 10.3. The Morgan fingerprint density at radius 2 is 0.739 bits per heavy atom. The Morgan fingerprint density at radius 3 is 1.03 bits per heavy atom. The van der Waals surface area contributed by atoms with Crippen LogP contribution in [0.1, 0.15) is 219 Å². The van der Waals surface area contributed by atoms with E-state index in [0.717, 1.165) is 142 Å². The summed E-state index contributed by atoms with van der Waals surface area (Å²) >= 11 is -0.519. The number of carboxylic acids is 2. The molecule has 0 aromatic heterocycles. The third-order valence-corrected chi connectivity index (χ3v) is 15.6. The average Bonchev–Trinajstić information content (AvgIpc) is 3.36. The zero-order valence-corrected chi connectivity index (χ0v) is 44.4. The molecule has 4 heterocycles. The van der Waals surface area contributed by atoms with Crippen LogP contribution >= 0.6 is 0 Å². The monoisotopic (exact) mass is 1020 g/mol. The Balaban J connectivity index is 0.000000390. The van der Waals surface area contributed by atoms with Gasteiger partial charge < -0.3 is 69.4 Å². The summed E-state index contributed by atoms with van der Waals surface area (Å²) in [4.78, 5) is 25.3. The van der Waals surface area contributed by atoms with Gasteiger partial charge in [-0.3, -0.25) is 0 Å². The first-order chi connectivity index (χ1) is 33.4. The molecule has 16 nitrogen and oxygen atoms in total. The SMILES string of the molecule is CCCC[O][Ti+2][O]CCCC.O=C([O-])[C@]1([C@@]2([C@H](O)[C@H](O)CO)CCCCCCCCO2)CCCCCCCCO1.O=C([O-])[C@]1([C@@]2([C@H](O)[C@H](O)CO)CCCCCCCCO2)CCCCCCCCO1. The molecule has 404 valence electrons. The molecule has 0 amide bonds. The normalized spacial score (nSPS) is 29.6. The van der Waals surface area contributed by atoms with Crippen molar-refractivity contribution in [1.82, 2.24) is 0 Å². The zero-order chi connectivity index (χ0) is 50.7. The van der Waals surface area contributed by atoms with Crippen molar-refractivity contribution in [2.45, 2.75) is 266 Å². The first kappa shape index (κ1) is 64.3. The van der Waals surface area contributed by atoms with Gasteiger partial charge in [0, 0.05) is 26.4 Å². The van der Waals surface area contributed by atoms with Gasteiger partial charge in [0.2, 0.25) is 0 Å².